The fraction of sp³-hybridized carbons (Fsp3) is 0.167. The lowest BCUT2D eigenvalue weighted by Gasteiger charge is -2.26. The highest BCUT2D eigenvalue weighted by atomic mass is 16.2. The highest BCUT2D eigenvalue weighted by Crippen LogP contribution is 2.12. The quantitative estimate of drug-likeness (QED) is 0.681. The van der Waals surface area contributed by atoms with Crippen LogP contribution in [0.15, 0.2) is 91.0 Å². The van der Waals surface area contributed by atoms with Crippen LogP contribution < -0.4 is 5.32 Å². The molecule has 3 aromatic rings. The zero-order valence-electron chi connectivity index (χ0n) is 15.9. The van der Waals surface area contributed by atoms with Crippen molar-refractivity contribution in [2.75, 3.05) is 0 Å². The fourth-order valence-electron chi connectivity index (χ4n) is 3.02. The minimum Gasteiger partial charge on any atom is -0.341 e. The summed E-state index contributed by atoms with van der Waals surface area (Å²) < 4.78 is 0. The van der Waals surface area contributed by atoms with E-state index < -0.39 is 6.04 Å². The standard InChI is InChI=1S/C24H24N2O2/c1-19(25-23(27)22-15-9-4-10-16-22)24(28)26(17-20-11-5-2-6-12-20)18-21-13-7-3-8-14-21/h2-16,19H,17-18H2,1H3,(H,25,27)/t19-/m0/s1. The van der Waals surface area contributed by atoms with Gasteiger partial charge in [0.2, 0.25) is 5.91 Å². The molecule has 0 aliphatic heterocycles. The summed E-state index contributed by atoms with van der Waals surface area (Å²) in [6.45, 7) is 2.70. The number of nitrogens with zero attached hydrogens (tertiary/aromatic N) is 1. The average Bonchev–Trinajstić information content (AvgIpc) is 2.75. The third-order valence-electron chi connectivity index (χ3n) is 4.50. The summed E-state index contributed by atoms with van der Waals surface area (Å²) in [5.74, 6) is -0.363. The van der Waals surface area contributed by atoms with E-state index in [0.29, 0.717) is 18.7 Å². The molecule has 0 saturated carbocycles. The SMILES string of the molecule is C[C@H](NC(=O)c1ccccc1)C(=O)N(Cc1ccccc1)Cc1ccccc1. The molecular formula is C24H24N2O2. The first-order valence-corrected chi connectivity index (χ1v) is 9.36. The van der Waals surface area contributed by atoms with E-state index in [1.165, 1.54) is 0 Å². The second-order valence-corrected chi connectivity index (χ2v) is 6.73. The van der Waals surface area contributed by atoms with Gasteiger partial charge in [0, 0.05) is 18.7 Å². The van der Waals surface area contributed by atoms with Crippen LogP contribution in [-0.2, 0) is 17.9 Å². The maximum atomic E-state index is 13.1. The summed E-state index contributed by atoms with van der Waals surface area (Å²) in [6, 6.07) is 28.0. The van der Waals surface area contributed by atoms with E-state index in [1.807, 2.05) is 66.7 Å². The number of rotatable bonds is 7. The van der Waals surface area contributed by atoms with E-state index in [-0.39, 0.29) is 11.8 Å². The molecule has 0 radical (unpaired) electrons. The number of nitrogens with one attached hydrogen (secondary N) is 1. The van der Waals surface area contributed by atoms with Gasteiger partial charge in [-0.05, 0) is 30.2 Å². The summed E-state index contributed by atoms with van der Waals surface area (Å²) >= 11 is 0. The smallest absolute Gasteiger partial charge is 0.251 e. The predicted molar refractivity (Wildman–Crippen MR) is 111 cm³/mol. The number of amides is 2. The highest BCUT2D eigenvalue weighted by Gasteiger charge is 2.23. The zero-order valence-corrected chi connectivity index (χ0v) is 15.9. The Labute approximate surface area is 165 Å². The van der Waals surface area contributed by atoms with Gasteiger partial charge in [-0.15, -0.1) is 0 Å². The van der Waals surface area contributed by atoms with Crippen molar-refractivity contribution < 1.29 is 9.59 Å². The Hall–Kier alpha value is -3.40. The third kappa shape index (κ3) is 5.30. The Morgan fingerprint density at radius 2 is 1.18 bits per heavy atom. The minimum atomic E-state index is -0.625. The summed E-state index contributed by atoms with van der Waals surface area (Å²) in [4.78, 5) is 27.3. The van der Waals surface area contributed by atoms with E-state index in [4.69, 9.17) is 0 Å². The largest absolute Gasteiger partial charge is 0.341 e. The van der Waals surface area contributed by atoms with Crippen molar-refractivity contribution in [3.8, 4) is 0 Å². The van der Waals surface area contributed by atoms with E-state index >= 15 is 0 Å². The van der Waals surface area contributed by atoms with E-state index in [1.54, 1.807) is 36.1 Å². The second kappa shape index (κ2) is 9.51. The maximum Gasteiger partial charge on any atom is 0.251 e. The maximum absolute atomic E-state index is 13.1. The predicted octanol–water partition coefficient (Wildman–Crippen LogP) is 4.03. The molecule has 3 aromatic carbocycles. The Balaban J connectivity index is 1.74. The van der Waals surface area contributed by atoms with Gasteiger partial charge < -0.3 is 10.2 Å². The van der Waals surface area contributed by atoms with Gasteiger partial charge in [0.15, 0.2) is 0 Å². The van der Waals surface area contributed by atoms with Crippen LogP contribution in [0.5, 0.6) is 0 Å². The van der Waals surface area contributed by atoms with E-state index in [9.17, 15) is 9.59 Å². The molecule has 0 spiro atoms. The first-order valence-electron chi connectivity index (χ1n) is 9.36. The molecule has 28 heavy (non-hydrogen) atoms. The zero-order chi connectivity index (χ0) is 19.8. The monoisotopic (exact) mass is 372 g/mol. The molecule has 0 unspecified atom stereocenters. The van der Waals surface area contributed by atoms with Gasteiger partial charge >= 0.3 is 0 Å². The first kappa shape index (κ1) is 19.4. The molecule has 0 aliphatic carbocycles. The van der Waals surface area contributed by atoms with Crippen LogP contribution in [0.3, 0.4) is 0 Å². The molecule has 1 N–H and O–H groups in total. The molecule has 1 atom stereocenters. The van der Waals surface area contributed by atoms with Crippen molar-refractivity contribution in [3.63, 3.8) is 0 Å². The number of benzene rings is 3. The van der Waals surface area contributed by atoms with Crippen molar-refractivity contribution in [3.05, 3.63) is 108 Å². The van der Waals surface area contributed by atoms with Gasteiger partial charge in [-0.3, -0.25) is 9.59 Å². The number of hydrogen-bond donors (Lipinski definition) is 1. The summed E-state index contributed by atoms with van der Waals surface area (Å²) in [6.07, 6.45) is 0. The molecule has 4 nitrogen and oxygen atoms in total. The summed E-state index contributed by atoms with van der Waals surface area (Å²) in [5, 5.41) is 2.82. The van der Waals surface area contributed by atoms with E-state index in [0.717, 1.165) is 11.1 Å². The normalized spacial score (nSPS) is 11.5. The molecule has 3 rings (SSSR count). The Morgan fingerprint density at radius 3 is 1.64 bits per heavy atom. The van der Waals surface area contributed by atoms with Gasteiger partial charge in [0.05, 0.1) is 0 Å². The van der Waals surface area contributed by atoms with Crippen molar-refractivity contribution in [1.29, 1.82) is 0 Å². The molecular weight excluding hydrogens is 348 g/mol. The van der Waals surface area contributed by atoms with Crippen molar-refractivity contribution in [2.45, 2.75) is 26.1 Å². The first-order chi connectivity index (χ1) is 13.6. The number of hydrogen-bond acceptors (Lipinski definition) is 2. The Kier molecular flexibility index (Phi) is 6.58. The average molecular weight is 372 g/mol. The van der Waals surface area contributed by atoms with Gasteiger partial charge in [-0.25, -0.2) is 0 Å². The van der Waals surface area contributed by atoms with Crippen molar-refractivity contribution >= 4 is 11.8 Å². The van der Waals surface area contributed by atoms with Gasteiger partial charge in [-0.2, -0.15) is 0 Å². The lowest BCUT2D eigenvalue weighted by Crippen LogP contribution is -2.46. The molecule has 0 heterocycles. The van der Waals surface area contributed by atoms with Gasteiger partial charge in [0.25, 0.3) is 5.91 Å². The highest BCUT2D eigenvalue weighted by molar-refractivity contribution is 5.97. The molecule has 142 valence electrons. The topological polar surface area (TPSA) is 49.4 Å². The molecule has 0 aliphatic rings. The van der Waals surface area contributed by atoms with Crippen LogP contribution in [0.2, 0.25) is 0 Å². The number of carbonyl (C=O) groups excluding carboxylic acids is 2. The lowest BCUT2D eigenvalue weighted by molar-refractivity contribution is -0.134. The minimum absolute atomic E-state index is 0.114. The van der Waals surface area contributed by atoms with E-state index in [2.05, 4.69) is 5.32 Å². The molecule has 4 heteroatoms. The van der Waals surface area contributed by atoms with Crippen molar-refractivity contribution in [1.82, 2.24) is 10.2 Å². The van der Waals surface area contributed by atoms with Gasteiger partial charge in [-0.1, -0.05) is 78.9 Å². The van der Waals surface area contributed by atoms with Crippen LogP contribution in [0.1, 0.15) is 28.4 Å². The van der Waals surface area contributed by atoms with Crippen LogP contribution >= 0.6 is 0 Å². The molecule has 0 aromatic heterocycles. The van der Waals surface area contributed by atoms with Crippen LogP contribution in [-0.4, -0.2) is 22.8 Å². The molecule has 0 saturated heterocycles. The van der Waals surface area contributed by atoms with Gasteiger partial charge in [0.1, 0.15) is 6.04 Å². The second-order valence-electron chi connectivity index (χ2n) is 6.73. The van der Waals surface area contributed by atoms with Crippen LogP contribution in [0.4, 0.5) is 0 Å². The van der Waals surface area contributed by atoms with Crippen LogP contribution in [0.25, 0.3) is 0 Å². The third-order valence-corrected chi connectivity index (χ3v) is 4.50. The van der Waals surface area contributed by atoms with Crippen LogP contribution in [0, 0.1) is 0 Å². The summed E-state index contributed by atoms with van der Waals surface area (Å²) in [7, 11) is 0. The molecule has 2 amide bonds. The molecule has 0 bridgehead atoms. The Bertz CT molecular complexity index is 854. The number of carbonyl (C=O) groups is 2. The fourth-order valence-corrected chi connectivity index (χ4v) is 3.02. The molecule has 0 fully saturated rings. The summed E-state index contributed by atoms with van der Waals surface area (Å²) in [5.41, 5.74) is 2.64. The lowest BCUT2D eigenvalue weighted by atomic mass is 10.1. The van der Waals surface area contributed by atoms with Crippen molar-refractivity contribution in [2.24, 2.45) is 0 Å². The Morgan fingerprint density at radius 1 is 0.750 bits per heavy atom.